The van der Waals surface area contributed by atoms with Gasteiger partial charge in [0.1, 0.15) is 23.8 Å². The highest BCUT2D eigenvalue weighted by Crippen LogP contribution is 2.36. The summed E-state index contributed by atoms with van der Waals surface area (Å²) in [7, 11) is 1.86. The summed E-state index contributed by atoms with van der Waals surface area (Å²) in [5.74, 6) is -1.28. The normalized spacial score (nSPS) is 13.7. The molecule has 0 bridgehead atoms. The molecule has 4 N–H and O–H groups in total. The van der Waals surface area contributed by atoms with Crippen molar-refractivity contribution in [3.8, 4) is 12.1 Å². The molecule has 0 fully saturated rings. The van der Waals surface area contributed by atoms with Gasteiger partial charge in [-0.25, -0.2) is 8.78 Å². The number of rotatable bonds is 8. The van der Waals surface area contributed by atoms with Gasteiger partial charge in [-0.2, -0.15) is 15.6 Å². The largest absolute Gasteiger partial charge is 0.383 e. The van der Waals surface area contributed by atoms with Gasteiger partial charge in [0.05, 0.1) is 52.3 Å². The van der Waals surface area contributed by atoms with E-state index in [0.29, 0.717) is 45.6 Å². The highest BCUT2D eigenvalue weighted by molar-refractivity contribution is 5.99. The first-order chi connectivity index (χ1) is 22.1. The molecule has 1 aliphatic rings. The number of hydrogen-bond donors (Lipinski definition) is 4. The predicted molar refractivity (Wildman–Crippen MR) is 172 cm³/mol. The van der Waals surface area contributed by atoms with Crippen LogP contribution in [0.15, 0.2) is 72.8 Å². The van der Waals surface area contributed by atoms with Crippen molar-refractivity contribution < 1.29 is 8.78 Å². The van der Waals surface area contributed by atoms with Gasteiger partial charge in [0.2, 0.25) is 0 Å². The molecule has 0 saturated heterocycles. The molecule has 46 heavy (non-hydrogen) atoms. The molecule has 232 valence electrons. The SMILES string of the molecule is Cn1ncc2c([C@H](Nc3cc(C#N)c4ncc(C#N)c(NCC(C)(C)C)c4c3)C3=CN(Cc4c(F)cccc4F)NN3)cccc21. The van der Waals surface area contributed by atoms with Crippen LogP contribution in [0.4, 0.5) is 20.2 Å². The third kappa shape index (κ3) is 5.86. The molecule has 3 heterocycles. The second-order valence-electron chi connectivity index (χ2n) is 12.4. The Hall–Kier alpha value is -5.72. The Morgan fingerprint density at radius 1 is 0.978 bits per heavy atom. The van der Waals surface area contributed by atoms with E-state index in [1.54, 1.807) is 28.2 Å². The van der Waals surface area contributed by atoms with Crippen LogP contribution in [0.25, 0.3) is 21.8 Å². The highest BCUT2D eigenvalue weighted by atomic mass is 19.1. The van der Waals surface area contributed by atoms with Crippen LogP contribution in [0.2, 0.25) is 0 Å². The fourth-order valence-electron chi connectivity index (χ4n) is 5.50. The van der Waals surface area contributed by atoms with Crippen LogP contribution in [0.5, 0.6) is 0 Å². The van der Waals surface area contributed by atoms with E-state index in [1.165, 1.54) is 24.4 Å². The van der Waals surface area contributed by atoms with Crippen molar-refractivity contribution in [2.45, 2.75) is 33.4 Å². The standard InChI is InChI=1S/C34H32F2N10/c1-34(2,3)19-40-32-21(14-38)15-39-31-20(13-37)11-22(12-24(31)32)42-33(23-7-5-10-30-25(23)16-41-45(30)4)29-18-46(44-43-29)17-26-27(35)8-6-9-28(26)36/h5-12,15-16,18,33,42-44H,17,19H2,1-4H3,(H,39,40)/t33-/m0/s1. The third-order valence-electron chi connectivity index (χ3n) is 7.80. The zero-order valence-electron chi connectivity index (χ0n) is 25.8. The summed E-state index contributed by atoms with van der Waals surface area (Å²) in [6.07, 6.45) is 5.02. The summed E-state index contributed by atoms with van der Waals surface area (Å²) in [5, 5.41) is 34.6. The number of nitriles is 2. The number of aromatic nitrogens is 3. The Kier molecular flexibility index (Phi) is 7.90. The van der Waals surface area contributed by atoms with Gasteiger partial charge in [-0.15, -0.1) is 5.53 Å². The molecule has 12 heteroatoms. The van der Waals surface area contributed by atoms with E-state index in [2.05, 4.69) is 64.6 Å². The maximum atomic E-state index is 14.5. The number of pyridine rings is 1. The van der Waals surface area contributed by atoms with E-state index in [4.69, 9.17) is 0 Å². The first-order valence-corrected chi connectivity index (χ1v) is 14.7. The van der Waals surface area contributed by atoms with Gasteiger partial charge in [-0.1, -0.05) is 39.0 Å². The summed E-state index contributed by atoms with van der Waals surface area (Å²) in [6.45, 7) is 6.79. The van der Waals surface area contributed by atoms with Gasteiger partial charge in [0, 0.05) is 48.0 Å². The first kappa shape index (κ1) is 30.3. The lowest BCUT2D eigenvalue weighted by Gasteiger charge is -2.24. The van der Waals surface area contributed by atoms with Crippen molar-refractivity contribution >= 4 is 33.2 Å². The van der Waals surface area contributed by atoms with E-state index in [-0.39, 0.29) is 17.5 Å². The molecule has 6 rings (SSSR count). The molecule has 3 aromatic carbocycles. The lowest BCUT2D eigenvalue weighted by molar-refractivity contribution is 0.255. The number of nitrogens with one attached hydrogen (secondary N) is 4. The van der Waals surface area contributed by atoms with Gasteiger partial charge in [-0.3, -0.25) is 14.7 Å². The van der Waals surface area contributed by atoms with E-state index in [9.17, 15) is 19.3 Å². The summed E-state index contributed by atoms with van der Waals surface area (Å²) in [6, 6.07) is 17.2. The van der Waals surface area contributed by atoms with Gasteiger partial charge in [0.25, 0.3) is 0 Å². The second-order valence-corrected chi connectivity index (χ2v) is 12.4. The second kappa shape index (κ2) is 12.0. The van der Waals surface area contributed by atoms with Crippen molar-refractivity contribution in [2.24, 2.45) is 12.5 Å². The molecular weight excluding hydrogens is 586 g/mol. The average Bonchev–Trinajstić information content (AvgIpc) is 3.66. The number of nitrogens with zero attached hydrogens (tertiary/aromatic N) is 6. The van der Waals surface area contributed by atoms with Crippen LogP contribution in [-0.4, -0.2) is 26.3 Å². The summed E-state index contributed by atoms with van der Waals surface area (Å²) in [5.41, 5.74) is 10.8. The number of aryl methyl sites for hydroxylation is 1. The molecule has 0 radical (unpaired) electrons. The number of hydrazine groups is 2. The summed E-state index contributed by atoms with van der Waals surface area (Å²) in [4.78, 5) is 4.47. The fraction of sp³-hybridized carbons (Fsp3) is 0.235. The molecular formula is C34H32F2N10. The molecule has 10 nitrogen and oxygen atoms in total. The zero-order chi connectivity index (χ0) is 32.6. The zero-order valence-corrected chi connectivity index (χ0v) is 25.8. The molecule has 0 spiro atoms. The topological polar surface area (TPSA) is 130 Å². The minimum atomic E-state index is -0.639. The lowest BCUT2D eigenvalue weighted by Crippen LogP contribution is -2.37. The van der Waals surface area contributed by atoms with Crippen molar-refractivity contribution in [1.82, 2.24) is 30.7 Å². The summed E-state index contributed by atoms with van der Waals surface area (Å²) < 4.78 is 30.7. The number of halogens is 2. The van der Waals surface area contributed by atoms with Gasteiger partial charge < -0.3 is 16.1 Å². The van der Waals surface area contributed by atoms with Crippen LogP contribution < -0.4 is 21.6 Å². The number of fused-ring (bicyclic) bond motifs is 2. The fourth-order valence-corrected chi connectivity index (χ4v) is 5.50. The van der Waals surface area contributed by atoms with E-state index >= 15 is 0 Å². The Morgan fingerprint density at radius 3 is 2.43 bits per heavy atom. The molecule has 1 atom stereocenters. The van der Waals surface area contributed by atoms with Gasteiger partial charge in [0.15, 0.2) is 0 Å². The van der Waals surface area contributed by atoms with Crippen LogP contribution in [0.1, 0.15) is 49.1 Å². The minimum absolute atomic E-state index is 0.0706. The Bertz CT molecular complexity index is 2060. The van der Waals surface area contributed by atoms with Crippen LogP contribution in [-0.2, 0) is 13.6 Å². The third-order valence-corrected chi connectivity index (χ3v) is 7.80. The Labute approximate surface area is 264 Å². The molecule has 0 unspecified atom stereocenters. The maximum Gasteiger partial charge on any atom is 0.131 e. The Balaban J connectivity index is 1.46. The minimum Gasteiger partial charge on any atom is -0.383 e. The molecule has 0 amide bonds. The Morgan fingerprint density at radius 2 is 1.72 bits per heavy atom. The number of benzene rings is 3. The van der Waals surface area contributed by atoms with E-state index in [1.807, 2.05) is 31.3 Å². The quantitative estimate of drug-likeness (QED) is 0.163. The average molecular weight is 619 g/mol. The number of anilines is 2. The van der Waals surface area contributed by atoms with Crippen LogP contribution >= 0.6 is 0 Å². The van der Waals surface area contributed by atoms with Crippen molar-refractivity contribution in [2.75, 3.05) is 17.2 Å². The van der Waals surface area contributed by atoms with Crippen molar-refractivity contribution in [3.05, 3.63) is 107 Å². The predicted octanol–water partition coefficient (Wildman–Crippen LogP) is 6.12. The van der Waals surface area contributed by atoms with Gasteiger partial charge in [-0.05, 0) is 41.3 Å². The monoisotopic (exact) mass is 618 g/mol. The molecule has 0 aliphatic carbocycles. The van der Waals surface area contributed by atoms with Crippen LogP contribution in [0, 0.1) is 39.7 Å². The molecule has 2 aromatic heterocycles. The summed E-state index contributed by atoms with van der Waals surface area (Å²) >= 11 is 0. The van der Waals surface area contributed by atoms with Gasteiger partial charge >= 0.3 is 0 Å². The maximum absolute atomic E-state index is 14.5. The van der Waals surface area contributed by atoms with E-state index < -0.39 is 17.7 Å². The van der Waals surface area contributed by atoms with Crippen molar-refractivity contribution in [1.29, 1.82) is 10.5 Å². The molecule has 0 saturated carbocycles. The van der Waals surface area contributed by atoms with E-state index in [0.717, 1.165) is 16.5 Å². The smallest absolute Gasteiger partial charge is 0.131 e. The van der Waals surface area contributed by atoms with Crippen molar-refractivity contribution in [3.63, 3.8) is 0 Å². The first-order valence-electron chi connectivity index (χ1n) is 14.7. The number of hydrogen-bond acceptors (Lipinski definition) is 9. The molecule has 5 aromatic rings. The highest BCUT2D eigenvalue weighted by Gasteiger charge is 2.26. The van der Waals surface area contributed by atoms with Crippen LogP contribution in [0.3, 0.4) is 0 Å². The molecule has 1 aliphatic heterocycles. The lowest BCUT2D eigenvalue weighted by atomic mass is 9.96.